The first-order chi connectivity index (χ1) is 12.7. The minimum Gasteiger partial charge on any atom is -0.378 e. The quantitative estimate of drug-likeness (QED) is 0.829. The first-order valence-electron chi connectivity index (χ1n) is 8.41. The highest BCUT2D eigenvalue weighted by atomic mass is 16.5. The normalized spacial score (nSPS) is 22.3. The lowest BCUT2D eigenvalue weighted by Gasteiger charge is -2.31. The summed E-state index contributed by atoms with van der Waals surface area (Å²) in [5.41, 5.74) is 0.714. The molecule has 8 heteroatoms. The van der Waals surface area contributed by atoms with Crippen molar-refractivity contribution in [2.45, 2.75) is 5.92 Å². The summed E-state index contributed by atoms with van der Waals surface area (Å²) >= 11 is 0. The Labute approximate surface area is 149 Å². The zero-order valence-corrected chi connectivity index (χ0v) is 13.9. The number of benzene rings is 1. The number of hydrogen-bond donors (Lipinski definition) is 2. The molecule has 1 aromatic carbocycles. The fourth-order valence-corrected chi connectivity index (χ4v) is 3.44. The van der Waals surface area contributed by atoms with Crippen LogP contribution in [0, 0.1) is 17.2 Å². The van der Waals surface area contributed by atoms with Gasteiger partial charge < -0.3 is 15.0 Å². The van der Waals surface area contributed by atoms with E-state index in [2.05, 4.69) is 15.3 Å². The minimum atomic E-state index is -0.984. The third kappa shape index (κ3) is 2.72. The standard InChI is InChI=1S/C18H17N5O3/c19-10-12-13(11-4-2-1-3-5-11)14-15(20-16(12)24)21-18(22-17(14)25)23-6-8-26-9-7-23/h1-5,12-13H,6-9H2,(H2,20,21,22,24,25)/t12-,13+/m0/s1. The van der Waals surface area contributed by atoms with Crippen molar-refractivity contribution in [1.82, 2.24) is 9.97 Å². The number of ether oxygens (including phenoxy) is 1. The summed E-state index contributed by atoms with van der Waals surface area (Å²) in [6, 6.07) is 11.1. The van der Waals surface area contributed by atoms with Gasteiger partial charge in [0.1, 0.15) is 11.7 Å². The number of morpholine rings is 1. The number of fused-ring (bicyclic) bond motifs is 1. The Morgan fingerprint density at radius 1 is 1.19 bits per heavy atom. The van der Waals surface area contributed by atoms with Crippen LogP contribution in [0.5, 0.6) is 0 Å². The van der Waals surface area contributed by atoms with Crippen LogP contribution in [0.1, 0.15) is 17.0 Å². The summed E-state index contributed by atoms with van der Waals surface area (Å²) in [6.07, 6.45) is 0. The van der Waals surface area contributed by atoms with Gasteiger partial charge in [0.25, 0.3) is 5.56 Å². The fraction of sp³-hybridized carbons (Fsp3) is 0.333. The van der Waals surface area contributed by atoms with E-state index in [-0.39, 0.29) is 11.4 Å². The van der Waals surface area contributed by atoms with Gasteiger partial charge in [-0.3, -0.25) is 14.6 Å². The molecule has 2 aromatic rings. The molecule has 2 aliphatic heterocycles. The highest BCUT2D eigenvalue weighted by Crippen LogP contribution is 2.37. The number of nitriles is 1. The third-order valence-corrected chi connectivity index (χ3v) is 4.72. The lowest BCUT2D eigenvalue weighted by molar-refractivity contribution is -0.119. The molecule has 2 aliphatic rings. The molecule has 2 N–H and O–H groups in total. The van der Waals surface area contributed by atoms with Crippen molar-refractivity contribution in [2.24, 2.45) is 5.92 Å². The summed E-state index contributed by atoms with van der Waals surface area (Å²) in [7, 11) is 0. The van der Waals surface area contributed by atoms with Gasteiger partial charge in [0.2, 0.25) is 11.9 Å². The zero-order chi connectivity index (χ0) is 18.1. The smallest absolute Gasteiger partial charge is 0.258 e. The molecule has 0 aliphatic carbocycles. The van der Waals surface area contributed by atoms with Crippen molar-refractivity contribution in [1.29, 1.82) is 5.26 Å². The average Bonchev–Trinajstić information content (AvgIpc) is 2.68. The van der Waals surface area contributed by atoms with Crippen molar-refractivity contribution >= 4 is 17.7 Å². The Balaban J connectivity index is 1.84. The summed E-state index contributed by atoms with van der Waals surface area (Å²) in [5.74, 6) is -1.46. The largest absolute Gasteiger partial charge is 0.378 e. The Kier molecular flexibility index (Phi) is 4.14. The molecular weight excluding hydrogens is 334 g/mol. The molecule has 4 rings (SSSR count). The van der Waals surface area contributed by atoms with Crippen LogP contribution >= 0.6 is 0 Å². The van der Waals surface area contributed by atoms with E-state index in [1.54, 1.807) is 0 Å². The van der Waals surface area contributed by atoms with Gasteiger partial charge in [-0.05, 0) is 5.56 Å². The minimum absolute atomic E-state index is 0.223. The van der Waals surface area contributed by atoms with Gasteiger partial charge in [-0.25, -0.2) is 0 Å². The van der Waals surface area contributed by atoms with Crippen LogP contribution in [0.25, 0.3) is 0 Å². The first-order valence-corrected chi connectivity index (χ1v) is 8.41. The molecule has 2 atom stereocenters. The molecule has 26 heavy (non-hydrogen) atoms. The van der Waals surface area contributed by atoms with Gasteiger partial charge in [0.05, 0.1) is 24.8 Å². The maximum Gasteiger partial charge on any atom is 0.258 e. The lowest BCUT2D eigenvalue weighted by atomic mass is 9.79. The van der Waals surface area contributed by atoms with E-state index >= 15 is 0 Å². The molecule has 132 valence electrons. The number of anilines is 2. The van der Waals surface area contributed by atoms with Gasteiger partial charge >= 0.3 is 0 Å². The summed E-state index contributed by atoms with van der Waals surface area (Å²) in [5, 5.41) is 12.1. The van der Waals surface area contributed by atoms with E-state index in [4.69, 9.17) is 4.74 Å². The molecule has 1 saturated heterocycles. The predicted molar refractivity (Wildman–Crippen MR) is 93.9 cm³/mol. The summed E-state index contributed by atoms with van der Waals surface area (Å²) in [4.78, 5) is 34.5. The average molecular weight is 351 g/mol. The number of carbonyl (C=O) groups is 1. The molecule has 0 bridgehead atoms. The number of aromatic amines is 1. The van der Waals surface area contributed by atoms with E-state index in [9.17, 15) is 14.9 Å². The molecule has 1 aromatic heterocycles. The second kappa shape index (κ2) is 6.61. The Morgan fingerprint density at radius 3 is 2.62 bits per heavy atom. The van der Waals surface area contributed by atoms with Crippen LogP contribution in [0.3, 0.4) is 0 Å². The summed E-state index contributed by atoms with van der Waals surface area (Å²) in [6.45, 7) is 2.32. The molecule has 3 heterocycles. The monoisotopic (exact) mass is 351 g/mol. The predicted octanol–water partition coefficient (Wildman–Crippen LogP) is 0.830. The van der Waals surface area contributed by atoms with Gasteiger partial charge in [0.15, 0.2) is 0 Å². The van der Waals surface area contributed by atoms with Gasteiger partial charge in [0, 0.05) is 19.0 Å². The number of aromatic nitrogens is 2. The van der Waals surface area contributed by atoms with E-state index < -0.39 is 17.7 Å². The number of nitrogens with zero attached hydrogens (tertiary/aromatic N) is 3. The first kappa shape index (κ1) is 16.3. The summed E-state index contributed by atoms with van der Waals surface area (Å²) < 4.78 is 5.32. The topological polar surface area (TPSA) is 111 Å². The van der Waals surface area contributed by atoms with Crippen molar-refractivity contribution in [3.05, 3.63) is 51.8 Å². The SMILES string of the molecule is N#C[C@@H]1C(=O)Nc2nc(N3CCOCC3)[nH]c(=O)c2[C@@H]1c1ccccc1. The number of hydrogen-bond acceptors (Lipinski definition) is 6. The molecule has 0 saturated carbocycles. The van der Waals surface area contributed by atoms with E-state index in [1.165, 1.54) is 0 Å². The Bertz CT molecular complexity index is 928. The number of carbonyl (C=O) groups excluding carboxylic acids is 1. The van der Waals surface area contributed by atoms with E-state index in [0.717, 1.165) is 5.56 Å². The Morgan fingerprint density at radius 2 is 1.92 bits per heavy atom. The lowest BCUT2D eigenvalue weighted by Crippen LogP contribution is -2.41. The highest BCUT2D eigenvalue weighted by Gasteiger charge is 2.40. The fourth-order valence-electron chi connectivity index (χ4n) is 3.44. The van der Waals surface area contributed by atoms with Crippen LogP contribution in [0.4, 0.5) is 11.8 Å². The third-order valence-electron chi connectivity index (χ3n) is 4.72. The maximum atomic E-state index is 12.9. The molecule has 1 amide bonds. The van der Waals surface area contributed by atoms with Crippen LogP contribution in [0.15, 0.2) is 35.1 Å². The second-order valence-electron chi connectivity index (χ2n) is 6.24. The van der Waals surface area contributed by atoms with Crippen LogP contribution in [-0.2, 0) is 9.53 Å². The van der Waals surface area contributed by atoms with E-state index in [0.29, 0.717) is 37.8 Å². The van der Waals surface area contributed by atoms with E-state index in [1.807, 2.05) is 41.3 Å². The molecule has 0 unspecified atom stereocenters. The van der Waals surface area contributed by atoms with Gasteiger partial charge in [-0.1, -0.05) is 30.3 Å². The van der Waals surface area contributed by atoms with Crippen molar-refractivity contribution < 1.29 is 9.53 Å². The van der Waals surface area contributed by atoms with Crippen LogP contribution in [-0.4, -0.2) is 42.2 Å². The van der Waals surface area contributed by atoms with Crippen molar-refractivity contribution in [2.75, 3.05) is 36.5 Å². The molecule has 1 fully saturated rings. The van der Waals surface area contributed by atoms with Crippen LogP contribution in [0.2, 0.25) is 0 Å². The van der Waals surface area contributed by atoms with Gasteiger partial charge in [-0.2, -0.15) is 10.2 Å². The van der Waals surface area contributed by atoms with Gasteiger partial charge in [-0.15, -0.1) is 0 Å². The highest BCUT2D eigenvalue weighted by molar-refractivity contribution is 5.97. The molecule has 0 radical (unpaired) electrons. The number of rotatable bonds is 2. The van der Waals surface area contributed by atoms with Crippen molar-refractivity contribution in [3.63, 3.8) is 0 Å². The molecular formula is C18H17N5O3. The van der Waals surface area contributed by atoms with Crippen LogP contribution < -0.4 is 15.8 Å². The number of nitrogens with one attached hydrogen (secondary N) is 2. The number of H-pyrrole nitrogens is 1. The molecule has 0 spiro atoms. The zero-order valence-electron chi connectivity index (χ0n) is 13.9. The second-order valence-corrected chi connectivity index (χ2v) is 6.24. The Hall–Kier alpha value is -3.18. The van der Waals surface area contributed by atoms with Crippen molar-refractivity contribution in [3.8, 4) is 6.07 Å². The molecule has 8 nitrogen and oxygen atoms in total. The maximum absolute atomic E-state index is 12.9. The number of amides is 1.